The molecule has 0 heterocycles. The van der Waals surface area contributed by atoms with E-state index >= 15 is 0 Å². The van der Waals surface area contributed by atoms with Crippen LogP contribution in [0, 0.1) is 11.3 Å². The van der Waals surface area contributed by atoms with Gasteiger partial charge in [-0.15, -0.1) is 0 Å². The molecular weight excluding hydrogens is 250 g/mol. The molecule has 20 heavy (non-hydrogen) atoms. The van der Waals surface area contributed by atoms with E-state index in [1.54, 1.807) is 0 Å². The molecule has 0 fully saturated rings. The van der Waals surface area contributed by atoms with Gasteiger partial charge in [0.2, 0.25) is 0 Å². The maximum atomic E-state index is 12.3. The summed E-state index contributed by atoms with van der Waals surface area (Å²) in [5.41, 5.74) is -0.339. The zero-order valence-corrected chi connectivity index (χ0v) is 14.8. The maximum Gasteiger partial charge on any atom is 0.311 e. The molecular formula is C17H35NO2. The third-order valence-corrected chi connectivity index (χ3v) is 4.04. The average Bonchev–Trinajstić information content (AvgIpc) is 2.32. The van der Waals surface area contributed by atoms with Gasteiger partial charge in [0, 0.05) is 18.6 Å². The summed E-state index contributed by atoms with van der Waals surface area (Å²) in [5.74, 6) is 0.469. The lowest BCUT2D eigenvalue weighted by Gasteiger charge is -2.31. The van der Waals surface area contributed by atoms with Crippen molar-refractivity contribution in [1.29, 1.82) is 0 Å². The number of hydrogen-bond acceptors (Lipinski definition) is 3. The van der Waals surface area contributed by atoms with E-state index in [1.165, 1.54) is 0 Å². The van der Waals surface area contributed by atoms with E-state index < -0.39 is 0 Å². The van der Waals surface area contributed by atoms with Crippen molar-refractivity contribution in [2.24, 2.45) is 11.3 Å². The van der Waals surface area contributed by atoms with Crippen LogP contribution in [0.4, 0.5) is 0 Å². The summed E-state index contributed by atoms with van der Waals surface area (Å²) in [5, 5.41) is 0. The van der Waals surface area contributed by atoms with Crippen LogP contribution in [0.15, 0.2) is 0 Å². The van der Waals surface area contributed by atoms with E-state index in [0.717, 1.165) is 19.4 Å². The van der Waals surface area contributed by atoms with E-state index in [-0.39, 0.29) is 11.4 Å². The highest BCUT2D eigenvalue weighted by Gasteiger charge is 2.33. The quantitative estimate of drug-likeness (QED) is 0.597. The first-order valence-electron chi connectivity index (χ1n) is 8.07. The SMILES string of the molecule is CCC(C)(CC(C)C)C(=O)OCCN(C(C)C)C(C)C. The molecule has 0 amide bonds. The first-order chi connectivity index (χ1) is 9.14. The largest absolute Gasteiger partial charge is 0.464 e. The summed E-state index contributed by atoms with van der Waals surface area (Å²) in [6.45, 7) is 18.4. The Hall–Kier alpha value is -0.570. The summed E-state index contributed by atoms with van der Waals surface area (Å²) < 4.78 is 5.55. The highest BCUT2D eigenvalue weighted by atomic mass is 16.5. The molecule has 0 aliphatic rings. The monoisotopic (exact) mass is 285 g/mol. The van der Waals surface area contributed by atoms with Gasteiger partial charge < -0.3 is 4.74 Å². The topological polar surface area (TPSA) is 29.5 Å². The number of nitrogens with zero attached hydrogens (tertiary/aromatic N) is 1. The summed E-state index contributed by atoms with van der Waals surface area (Å²) in [4.78, 5) is 14.7. The second-order valence-electron chi connectivity index (χ2n) is 7.07. The third-order valence-electron chi connectivity index (χ3n) is 4.04. The fourth-order valence-corrected chi connectivity index (χ4v) is 2.80. The van der Waals surface area contributed by atoms with Crippen molar-refractivity contribution in [2.75, 3.05) is 13.2 Å². The van der Waals surface area contributed by atoms with Gasteiger partial charge in [-0.05, 0) is 53.4 Å². The van der Waals surface area contributed by atoms with E-state index in [4.69, 9.17) is 4.74 Å². The van der Waals surface area contributed by atoms with Crippen LogP contribution in [-0.2, 0) is 9.53 Å². The van der Waals surface area contributed by atoms with Gasteiger partial charge in [0.05, 0.1) is 5.41 Å². The van der Waals surface area contributed by atoms with Crippen LogP contribution in [-0.4, -0.2) is 36.1 Å². The predicted molar refractivity (Wildman–Crippen MR) is 85.8 cm³/mol. The molecule has 1 atom stereocenters. The molecule has 1 unspecified atom stereocenters. The van der Waals surface area contributed by atoms with Crippen LogP contribution < -0.4 is 0 Å². The molecule has 0 aliphatic heterocycles. The van der Waals surface area contributed by atoms with Crippen molar-refractivity contribution in [1.82, 2.24) is 4.90 Å². The van der Waals surface area contributed by atoms with Crippen LogP contribution in [0.1, 0.15) is 68.2 Å². The van der Waals surface area contributed by atoms with E-state index in [2.05, 4.69) is 53.4 Å². The van der Waals surface area contributed by atoms with Crippen molar-refractivity contribution >= 4 is 5.97 Å². The molecule has 120 valence electrons. The number of esters is 1. The molecule has 3 heteroatoms. The molecule has 0 aromatic heterocycles. The highest BCUT2D eigenvalue weighted by Crippen LogP contribution is 2.31. The minimum Gasteiger partial charge on any atom is -0.464 e. The van der Waals surface area contributed by atoms with Crippen LogP contribution >= 0.6 is 0 Å². The summed E-state index contributed by atoms with van der Waals surface area (Å²) in [6.07, 6.45) is 1.72. The number of hydrogen-bond donors (Lipinski definition) is 0. The van der Waals surface area contributed by atoms with Crippen LogP contribution in [0.2, 0.25) is 0 Å². The average molecular weight is 285 g/mol. The molecule has 0 N–H and O–H groups in total. The third kappa shape index (κ3) is 6.25. The fourth-order valence-electron chi connectivity index (χ4n) is 2.80. The Morgan fingerprint density at radius 3 is 1.95 bits per heavy atom. The second kappa shape index (κ2) is 8.66. The van der Waals surface area contributed by atoms with Gasteiger partial charge in [-0.2, -0.15) is 0 Å². The molecule has 0 aromatic carbocycles. The minimum atomic E-state index is -0.339. The molecule has 0 saturated heterocycles. The molecule has 0 spiro atoms. The van der Waals surface area contributed by atoms with Gasteiger partial charge >= 0.3 is 5.97 Å². The fraction of sp³-hybridized carbons (Fsp3) is 0.941. The Kier molecular flexibility index (Phi) is 8.41. The van der Waals surface area contributed by atoms with Gasteiger partial charge in [-0.25, -0.2) is 0 Å². The lowest BCUT2D eigenvalue weighted by atomic mass is 9.80. The van der Waals surface area contributed by atoms with Crippen molar-refractivity contribution in [3.05, 3.63) is 0 Å². The minimum absolute atomic E-state index is 0.0406. The van der Waals surface area contributed by atoms with Crippen molar-refractivity contribution in [3.63, 3.8) is 0 Å². The highest BCUT2D eigenvalue weighted by molar-refractivity contribution is 5.76. The van der Waals surface area contributed by atoms with Gasteiger partial charge in [-0.1, -0.05) is 20.8 Å². The number of ether oxygens (including phenoxy) is 1. The molecule has 0 bridgehead atoms. The lowest BCUT2D eigenvalue weighted by molar-refractivity contribution is -0.157. The number of carbonyl (C=O) groups is 1. The van der Waals surface area contributed by atoms with Gasteiger partial charge in [0.15, 0.2) is 0 Å². The van der Waals surface area contributed by atoms with Crippen molar-refractivity contribution < 1.29 is 9.53 Å². The van der Waals surface area contributed by atoms with E-state index in [1.807, 2.05) is 6.92 Å². The smallest absolute Gasteiger partial charge is 0.311 e. The summed E-state index contributed by atoms with van der Waals surface area (Å²) >= 11 is 0. The molecule has 3 nitrogen and oxygen atoms in total. The standard InChI is InChI=1S/C17H35NO2/c1-9-17(8,12-13(2)3)16(19)20-11-10-18(14(4)5)15(6)7/h13-15H,9-12H2,1-8H3. The summed E-state index contributed by atoms with van der Waals surface area (Å²) in [6, 6.07) is 0.948. The molecule has 0 saturated carbocycles. The van der Waals surface area contributed by atoms with Gasteiger partial charge in [0.1, 0.15) is 6.61 Å². The zero-order valence-electron chi connectivity index (χ0n) is 14.8. The molecule has 0 aliphatic carbocycles. The van der Waals surface area contributed by atoms with Crippen molar-refractivity contribution in [2.45, 2.75) is 80.3 Å². The Morgan fingerprint density at radius 2 is 1.60 bits per heavy atom. The Bertz CT molecular complexity index is 279. The number of carbonyl (C=O) groups excluding carboxylic acids is 1. The molecule has 0 aromatic rings. The van der Waals surface area contributed by atoms with Crippen LogP contribution in [0.5, 0.6) is 0 Å². The Labute approximate surface area is 126 Å². The van der Waals surface area contributed by atoms with Gasteiger partial charge in [-0.3, -0.25) is 9.69 Å². The second-order valence-corrected chi connectivity index (χ2v) is 7.07. The Balaban J connectivity index is 4.39. The van der Waals surface area contributed by atoms with Crippen molar-refractivity contribution in [3.8, 4) is 0 Å². The van der Waals surface area contributed by atoms with Crippen LogP contribution in [0.25, 0.3) is 0 Å². The zero-order chi connectivity index (χ0) is 15.9. The normalized spacial score (nSPS) is 15.2. The summed E-state index contributed by atoms with van der Waals surface area (Å²) in [7, 11) is 0. The first-order valence-corrected chi connectivity index (χ1v) is 8.07. The first kappa shape index (κ1) is 19.4. The lowest BCUT2D eigenvalue weighted by Crippen LogP contribution is -2.40. The molecule has 0 radical (unpaired) electrons. The van der Waals surface area contributed by atoms with Crippen LogP contribution in [0.3, 0.4) is 0 Å². The van der Waals surface area contributed by atoms with Gasteiger partial charge in [0.25, 0.3) is 0 Å². The number of rotatable bonds is 9. The van der Waals surface area contributed by atoms with E-state index in [9.17, 15) is 4.79 Å². The maximum absolute atomic E-state index is 12.3. The molecule has 0 rings (SSSR count). The Morgan fingerprint density at radius 1 is 1.10 bits per heavy atom. The predicted octanol–water partition coefficient (Wildman–Crippen LogP) is 4.11. The van der Waals surface area contributed by atoms with E-state index in [0.29, 0.717) is 24.6 Å².